The molecule has 0 bridgehead atoms. The third-order valence-corrected chi connectivity index (χ3v) is 7.05. The van der Waals surface area contributed by atoms with E-state index in [2.05, 4.69) is 53.6 Å². The van der Waals surface area contributed by atoms with Crippen LogP contribution in [-0.4, -0.2) is 31.5 Å². The normalized spacial score (nSPS) is 16.7. The number of nitrogens with one attached hydrogen (secondary N) is 1. The van der Waals surface area contributed by atoms with Crippen LogP contribution in [0.3, 0.4) is 0 Å². The van der Waals surface area contributed by atoms with E-state index in [0.717, 1.165) is 38.8 Å². The van der Waals surface area contributed by atoms with E-state index in [0.29, 0.717) is 5.17 Å². The molecule has 2 aromatic carbocycles. The van der Waals surface area contributed by atoms with Crippen molar-refractivity contribution in [1.82, 2.24) is 9.58 Å². The number of aliphatic imine (C=N–C) groups is 1. The molecule has 170 valence electrons. The Morgan fingerprint density at radius 3 is 2.50 bits per heavy atom. The monoisotopic (exact) mass is 467 g/mol. The summed E-state index contributed by atoms with van der Waals surface area (Å²) >= 11 is 1.32. The topological polar surface area (TPSA) is 73.8 Å². The van der Waals surface area contributed by atoms with E-state index < -0.39 is 5.91 Å². The molecule has 0 radical (unpaired) electrons. The van der Waals surface area contributed by atoms with Crippen LogP contribution >= 0.6 is 11.8 Å². The molecule has 0 spiro atoms. The third-order valence-electron chi connectivity index (χ3n) is 6.10. The van der Waals surface area contributed by atoms with Crippen molar-refractivity contribution in [3.05, 3.63) is 93.3 Å². The maximum Gasteiger partial charge on any atom is 0.283 e. The standard InChI is InChI=1S/C27H25N5OS/c1-15-7-6-8-20(11-15)26-30-32-24(28)22(25(33)29-27(32)34-26)14-21-13-18(4)31(19(21)5)23-12-16(2)9-10-17(23)3/h6-14,28H,1-5H3/b22-14-,28-24?. The lowest BCUT2D eigenvalue weighted by atomic mass is 10.1. The molecule has 7 heteroatoms. The summed E-state index contributed by atoms with van der Waals surface area (Å²) in [4.78, 5) is 17.2. The fraction of sp³-hybridized carbons (Fsp3) is 0.185. The number of hydrogen-bond acceptors (Lipinski definition) is 4. The average Bonchev–Trinajstić information content (AvgIpc) is 3.33. The molecule has 0 saturated carbocycles. The van der Waals surface area contributed by atoms with Crippen molar-refractivity contribution in [1.29, 1.82) is 5.41 Å². The second-order valence-electron chi connectivity index (χ2n) is 8.75. The number of benzene rings is 2. The minimum Gasteiger partial charge on any atom is -0.318 e. The predicted octanol–water partition coefficient (Wildman–Crippen LogP) is 5.69. The van der Waals surface area contributed by atoms with Gasteiger partial charge in [-0.05, 0) is 87.3 Å². The third kappa shape index (κ3) is 3.72. The Bertz CT molecular complexity index is 1470. The number of aryl methyl sites for hydroxylation is 4. The Hall–Kier alpha value is -3.71. The second-order valence-corrected chi connectivity index (χ2v) is 9.70. The van der Waals surface area contributed by atoms with Crippen molar-refractivity contribution in [2.24, 2.45) is 10.1 Å². The largest absolute Gasteiger partial charge is 0.318 e. The van der Waals surface area contributed by atoms with Gasteiger partial charge in [0.05, 0.1) is 5.57 Å². The van der Waals surface area contributed by atoms with Crippen molar-refractivity contribution < 1.29 is 4.79 Å². The highest BCUT2D eigenvalue weighted by atomic mass is 32.2. The number of rotatable bonds is 3. The lowest BCUT2D eigenvalue weighted by Crippen LogP contribution is -2.35. The van der Waals surface area contributed by atoms with Crippen LogP contribution in [0.15, 0.2) is 64.2 Å². The quantitative estimate of drug-likeness (QED) is 0.503. The highest BCUT2D eigenvalue weighted by Crippen LogP contribution is 2.32. The van der Waals surface area contributed by atoms with Crippen LogP contribution in [0, 0.1) is 40.0 Å². The molecule has 2 aliphatic rings. The van der Waals surface area contributed by atoms with Gasteiger partial charge in [0.25, 0.3) is 5.91 Å². The molecule has 0 fully saturated rings. The van der Waals surface area contributed by atoms with E-state index in [1.54, 1.807) is 6.08 Å². The summed E-state index contributed by atoms with van der Waals surface area (Å²) in [5.41, 5.74) is 8.75. The second kappa shape index (κ2) is 8.25. The molecule has 2 aliphatic heterocycles. The molecule has 1 aromatic heterocycles. The number of aromatic nitrogens is 1. The molecular formula is C27H25N5OS. The van der Waals surface area contributed by atoms with Crippen molar-refractivity contribution in [3.8, 4) is 5.69 Å². The van der Waals surface area contributed by atoms with Gasteiger partial charge < -0.3 is 4.57 Å². The maximum absolute atomic E-state index is 12.9. The summed E-state index contributed by atoms with van der Waals surface area (Å²) in [6.45, 7) is 10.3. The Kier molecular flexibility index (Phi) is 5.37. The van der Waals surface area contributed by atoms with Crippen LogP contribution in [0.4, 0.5) is 0 Å². The number of carbonyl (C=O) groups is 1. The highest BCUT2D eigenvalue weighted by molar-refractivity contribution is 8.27. The summed E-state index contributed by atoms with van der Waals surface area (Å²) in [5.74, 6) is -0.373. The molecular weight excluding hydrogens is 442 g/mol. The van der Waals surface area contributed by atoms with Crippen LogP contribution < -0.4 is 0 Å². The number of amides is 1. The van der Waals surface area contributed by atoms with Crippen LogP contribution in [-0.2, 0) is 4.79 Å². The first kappa shape index (κ1) is 22.1. The first-order valence-electron chi connectivity index (χ1n) is 11.1. The van der Waals surface area contributed by atoms with E-state index in [1.807, 2.05) is 44.2 Å². The Morgan fingerprint density at radius 1 is 0.971 bits per heavy atom. The van der Waals surface area contributed by atoms with Crippen LogP contribution in [0.25, 0.3) is 11.8 Å². The fourth-order valence-corrected chi connectivity index (χ4v) is 5.19. The lowest BCUT2D eigenvalue weighted by molar-refractivity contribution is -0.114. The summed E-state index contributed by atoms with van der Waals surface area (Å²) in [5, 5.41) is 15.9. The van der Waals surface area contributed by atoms with Crippen LogP contribution in [0.2, 0.25) is 0 Å². The molecule has 0 atom stereocenters. The number of thioether (sulfide) groups is 1. The van der Waals surface area contributed by atoms with Gasteiger partial charge in [-0.25, -0.2) is 0 Å². The van der Waals surface area contributed by atoms with Gasteiger partial charge in [0.15, 0.2) is 5.84 Å². The van der Waals surface area contributed by atoms with E-state index in [-0.39, 0.29) is 11.4 Å². The highest BCUT2D eigenvalue weighted by Gasteiger charge is 2.36. The Labute approximate surface area is 203 Å². The number of amidine groups is 2. The average molecular weight is 468 g/mol. The van der Waals surface area contributed by atoms with Crippen molar-refractivity contribution in [2.45, 2.75) is 34.6 Å². The van der Waals surface area contributed by atoms with Gasteiger partial charge in [-0.2, -0.15) is 15.1 Å². The van der Waals surface area contributed by atoms with Gasteiger partial charge in [0, 0.05) is 22.6 Å². The molecule has 3 heterocycles. The van der Waals surface area contributed by atoms with Crippen LogP contribution in [0.1, 0.15) is 39.2 Å². The lowest BCUT2D eigenvalue weighted by Gasteiger charge is -2.20. The molecule has 0 saturated heterocycles. The Balaban J connectivity index is 1.53. The molecule has 0 unspecified atom stereocenters. The summed E-state index contributed by atoms with van der Waals surface area (Å²) in [6.07, 6.45) is 1.76. The molecule has 1 amide bonds. The molecule has 1 N–H and O–H groups in total. The van der Waals surface area contributed by atoms with Crippen LogP contribution in [0.5, 0.6) is 0 Å². The molecule has 3 aromatic rings. The number of fused-ring (bicyclic) bond motifs is 1. The van der Waals surface area contributed by atoms with E-state index >= 15 is 0 Å². The predicted molar refractivity (Wildman–Crippen MR) is 140 cm³/mol. The first-order valence-corrected chi connectivity index (χ1v) is 11.9. The van der Waals surface area contributed by atoms with Crippen molar-refractivity contribution in [2.75, 3.05) is 0 Å². The summed E-state index contributed by atoms with van der Waals surface area (Å²) in [7, 11) is 0. The van der Waals surface area contributed by atoms with E-state index in [9.17, 15) is 4.79 Å². The van der Waals surface area contributed by atoms with Gasteiger partial charge in [-0.1, -0.05) is 35.9 Å². The molecule has 6 nitrogen and oxygen atoms in total. The number of nitrogens with zero attached hydrogens (tertiary/aromatic N) is 4. The minimum absolute atomic E-state index is 0.0432. The molecule has 34 heavy (non-hydrogen) atoms. The van der Waals surface area contributed by atoms with E-state index in [4.69, 9.17) is 5.41 Å². The smallest absolute Gasteiger partial charge is 0.283 e. The van der Waals surface area contributed by atoms with Crippen molar-refractivity contribution in [3.63, 3.8) is 0 Å². The zero-order valence-electron chi connectivity index (χ0n) is 19.8. The fourth-order valence-electron chi connectivity index (χ4n) is 4.31. The zero-order valence-corrected chi connectivity index (χ0v) is 20.6. The van der Waals surface area contributed by atoms with Gasteiger partial charge in [0.2, 0.25) is 5.17 Å². The number of carbonyl (C=O) groups excluding carboxylic acids is 1. The minimum atomic E-state index is -0.416. The maximum atomic E-state index is 12.9. The van der Waals surface area contributed by atoms with Crippen molar-refractivity contribution >= 4 is 39.8 Å². The SMILES string of the molecule is Cc1cccc(C2=NN3C(=N)/C(=C/c4cc(C)n(-c5cc(C)ccc5C)c4C)C(=O)N=C3S2)c1. The van der Waals surface area contributed by atoms with Gasteiger partial charge in [-0.3, -0.25) is 10.2 Å². The van der Waals surface area contributed by atoms with E-state index in [1.165, 1.54) is 27.9 Å². The van der Waals surface area contributed by atoms with Gasteiger partial charge in [0.1, 0.15) is 5.04 Å². The summed E-state index contributed by atoms with van der Waals surface area (Å²) in [6, 6.07) is 16.4. The molecule has 5 rings (SSSR count). The summed E-state index contributed by atoms with van der Waals surface area (Å²) < 4.78 is 2.19. The number of hydrogen-bond donors (Lipinski definition) is 1. The molecule has 0 aliphatic carbocycles. The Morgan fingerprint density at radius 2 is 1.74 bits per heavy atom. The number of hydrazone groups is 1. The van der Waals surface area contributed by atoms with Gasteiger partial charge in [-0.15, -0.1) is 0 Å². The zero-order chi connectivity index (χ0) is 24.1. The van der Waals surface area contributed by atoms with Gasteiger partial charge >= 0.3 is 0 Å². The first-order chi connectivity index (χ1) is 16.2.